The molecule has 4 nitrogen and oxygen atoms in total. The van der Waals surface area contributed by atoms with Crippen LogP contribution in [-0.2, 0) is 11.3 Å². The number of carbonyl (C=O) groups is 1. The summed E-state index contributed by atoms with van der Waals surface area (Å²) in [5.41, 5.74) is 2.12. The van der Waals surface area contributed by atoms with Crippen LogP contribution >= 0.6 is 0 Å². The van der Waals surface area contributed by atoms with Crippen LogP contribution in [0.4, 0.5) is 5.69 Å². The second-order valence-electron chi connectivity index (χ2n) is 4.93. The lowest BCUT2D eigenvalue weighted by molar-refractivity contribution is -0.128. The molecule has 1 amide bonds. The molecule has 20 heavy (non-hydrogen) atoms. The van der Waals surface area contributed by atoms with Crippen molar-refractivity contribution in [1.29, 1.82) is 0 Å². The normalized spacial score (nSPS) is 10.3. The molecule has 0 atom stereocenters. The Bertz CT molecular complexity index is 590. The second-order valence-corrected chi connectivity index (χ2v) is 4.93. The number of carbonyl (C=O) groups excluding carboxylic acids is 1. The topological polar surface area (TPSA) is 45.5 Å². The van der Waals surface area contributed by atoms with E-state index in [1.807, 2.05) is 50.2 Å². The van der Waals surface area contributed by atoms with Crippen LogP contribution < -0.4 is 5.32 Å². The lowest BCUT2D eigenvalue weighted by Crippen LogP contribution is -2.31. The zero-order chi connectivity index (χ0) is 14.5. The first kappa shape index (κ1) is 14.2. The molecular formula is C16H20N2O2. The van der Waals surface area contributed by atoms with Gasteiger partial charge in [-0.1, -0.05) is 18.2 Å². The summed E-state index contributed by atoms with van der Waals surface area (Å²) in [7, 11) is 1.78. The maximum Gasteiger partial charge on any atom is 0.242 e. The Labute approximate surface area is 119 Å². The summed E-state index contributed by atoms with van der Waals surface area (Å²) in [4.78, 5) is 13.7. The average Bonchev–Trinajstić information content (AvgIpc) is 2.82. The Morgan fingerprint density at radius 3 is 2.60 bits per heavy atom. The number of rotatable bonds is 5. The zero-order valence-corrected chi connectivity index (χ0v) is 12.1. The number of nitrogens with zero attached hydrogens (tertiary/aromatic N) is 1. The van der Waals surface area contributed by atoms with Gasteiger partial charge in [0.2, 0.25) is 5.91 Å². The number of hydrogen-bond acceptors (Lipinski definition) is 3. The first-order valence-electron chi connectivity index (χ1n) is 6.65. The van der Waals surface area contributed by atoms with Gasteiger partial charge in [0.05, 0.1) is 13.1 Å². The highest BCUT2D eigenvalue weighted by Crippen LogP contribution is 2.13. The van der Waals surface area contributed by atoms with Crippen LogP contribution in [0.1, 0.15) is 17.1 Å². The van der Waals surface area contributed by atoms with Crippen molar-refractivity contribution in [2.24, 2.45) is 0 Å². The number of hydrogen-bond donors (Lipinski definition) is 1. The molecule has 0 aliphatic carbocycles. The number of para-hydroxylation sites is 1. The monoisotopic (exact) mass is 272 g/mol. The van der Waals surface area contributed by atoms with Crippen LogP contribution in [0.2, 0.25) is 0 Å². The molecule has 2 aromatic rings. The number of likely N-dealkylation sites (N-methyl/N-ethyl adjacent to an activating group) is 1. The van der Waals surface area contributed by atoms with Crippen LogP contribution in [-0.4, -0.2) is 24.4 Å². The fraction of sp³-hybridized carbons (Fsp3) is 0.312. The van der Waals surface area contributed by atoms with E-state index in [1.165, 1.54) is 0 Å². The molecule has 1 aromatic carbocycles. The molecule has 0 saturated heterocycles. The third-order valence-electron chi connectivity index (χ3n) is 3.19. The van der Waals surface area contributed by atoms with Gasteiger partial charge >= 0.3 is 0 Å². The van der Waals surface area contributed by atoms with Crippen molar-refractivity contribution in [3.05, 3.63) is 53.5 Å². The summed E-state index contributed by atoms with van der Waals surface area (Å²) in [6, 6.07) is 11.7. The summed E-state index contributed by atoms with van der Waals surface area (Å²) >= 11 is 0. The van der Waals surface area contributed by atoms with Gasteiger partial charge in [0, 0.05) is 12.7 Å². The fourth-order valence-electron chi connectivity index (χ4n) is 1.97. The van der Waals surface area contributed by atoms with Gasteiger partial charge in [-0.05, 0) is 37.6 Å². The molecule has 1 aromatic heterocycles. The first-order valence-corrected chi connectivity index (χ1v) is 6.65. The summed E-state index contributed by atoms with van der Waals surface area (Å²) in [6.07, 6.45) is 0. The maximum atomic E-state index is 12.1. The van der Waals surface area contributed by atoms with Crippen LogP contribution in [0, 0.1) is 13.8 Å². The lowest BCUT2D eigenvalue weighted by Gasteiger charge is -2.17. The molecule has 0 radical (unpaired) electrons. The van der Waals surface area contributed by atoms with Gasteiger partial charge in [-0.2, -0.15) is 0 Å². The molecule has 0 saturated carbocycles. The van der Waals surface area contributed by atoms with Crippen molar-refractivity contribution in [1.82, 2.24) is 4.90 Å². The Morgan fingerprint density at radius 2 is 1.95 bits per heavy atom. The average molecular weight is 272 g/mol. The molecule has 1 heterocycles. The number of furan rings is 1. The first-order chi connectivity index (χ1) is 9.56. The smallest absolute Gasteiger partial charge is 0.242 e. The summed E-state index contributed by atoms with van der Waals surface area (Å²) in [6.45, 7) is 4.68. The SMILES string of the molecule is Cc1ccc(CN(C)C(=O)CNc2ccccc2C)o1. The molecular weight excluding hydrogens is 252 g/mol. The van der Waals surface area contributed by atoms with E-state index in [0.29, 0.717) is 6.54 Å². The van der Waals surface area contributed by atoms with E-state index >= 15 is 0 Å². The Balaban J connectivity index is 1.87. The van der Waals surface area contributed by atoms with Crippen molar-refractivity contribution >= 4 is 11.6 Å². The number of amides is 1. The molecule has 2 rings (SSSR count). The van der Waals surface area contributed by atoms with Crippen molar-refractivity contribution in [3.63, 3.8) is 0 Å². The Morgan fingerprint density at radius 1 is 1.20 bits per heavy atom. The van der Waals surface area contributed by atoms with Crippen molar-refractivity contribution in [2.75, 3.05) is 18.9 Å². The molecule has 0 fully saturated rings. The molecule has 0 unspecified atom stereocenters. The largest absolute Gasteiger partial charge is 0.464 e. The van der Waals surface area contributed by atoms with E-state index in [1.54, 1.807) is 11.9 Å². The zero-order valence-electron chi connectivity index (χ0n) is 12.1. The minimum absolute atomic E-state index is 0.0299. The number of benzene rings is 1. The summed E-state index contributed by atoms with van der Waals surface area (Å²) in [5.74, 6) is 1.69. The predicted octanol–water partition coefficient (Wildman–Crippen LogP) is 2.97. The maximum absolute atomic E-state index is 12.1. The van der Waals surface area contributed by atoms with Gasteiger partial charge in [0.1, 0.15) is 11.5 Å². The highest BCUT2D eigenvalue weighted by Gasteiger charge is 2.11. The van der Waals surface area contributed by atoms with Crippen LogP contribution in [0.15, 0.2) is 40.8 Å². The summed E-state index contributed by atoms with van der Waals surface area (Å²) < 4.78 is 5.47. The molecule has 0 spiro atoms. The third kappa shape index (κ3) is 3.63. The van der Waals surface area contributed by atoms with Gasteiger partial charge in [-0.3, -0.25) is 4.79 Å². The highest BCUT2D eigenvalue weighted by atomic mass is 16.3. The van der Waals surface area contributed by atoms with Crippen LogP contribution in [0.5, 0.6) is 0 Å². The minimum Gasteiger partial charge on any atom is -0.464 e. The lowest BCUT2D eigenvalue weighted by atomic mass is 10.2. The van der Waals surface area contributed by atoms with Crippen molar-refractivity contribution in [3.8, 4) is 0 Å². The van der Waals surface area contributed by atoms with Crippen molar-refractivity contribution < 1.29 is 9.21 Å². The van der Waals surface area contributed by atoms with Crippen molar-refractivity contribution in [2.45, 2.75) is 20.4 Å². The van der Waals surface area contributed by atoms with Crippen LogP contribution in [0.25, 0.3) is 0 Å². The predicted molar refractivity (Wildman–Crippen MR) is 79.6 cm³/mol. The molecule has 0 bridgehead atoms. The van der Waals surface area contributed by atoms with Gasteiger partial charge in [-0.15, -0.1) is 0 Å². The van der Waals surface area contributed by atoms with Gasteiger partial charge in [0.25, 0.3) is 0 Å². The van der Waals surface area contributed by atoms with Gasteiger partial charge in [-0.25, -0.2) is 0 Å². The number of aryl methyl sites for hydroxylation is 2. The van der Waals surface area contributed by atoms with E-state index in [0.717, 1.165) is 22.8 Å². The van der Waals surface area contributed by atoms with Gasteiger partial charge < -0.3 is 14.6 Å². The Kier molecular flexibility index (Phi) is 4.45. The molecule has 4 heteroatoms. The van der Waals surface area contributed by atoms with E-state index in [9.17, 15) is 4.79 Å². The van der Waals surface area contributed by atoms with Gasteiger partial charge in [0.15, 0.2) is 0 Å². The second kappa shape index (κ2) is 6.28. The minimum atomic E-state index is 0.0299. The standard InChI is InChI=1S/C16H20N2O2/c1-12-6-4-5-7-15(12)17-10-16(19)18(3)11-14-9-8-13(2)20-14/h4-9,17H,10-11H2,1-3H3. The van der Waals surface area contributed by atoms with Crippen LogP contribution in [0.3, 0.4) is 0 Å². The summed E-state index contributed by atoms with van der Waals surface area (Å²) in [5, 5.41) is 3.16. The van der Waals surface area contributed by atoms with E-state index < -0.39 is 0 Å². The highest BCUT2D eigenvalue weighted by molar-refractivity contribution is 5.80. The molecule has 106 valence electrons. The number of nitrogens with one attached hydrogen (secondary N) is 1. The molecule has 1 N–H and O–H groups in total. The number of anilines is 1. The fourth-order valence-corrected chi connectivity index (χ4v) is 1.97. The molecule has 0 aliphatic rings. The third-order valence-corrected chi connectivity index (χ3v) is 3.19. The van der Waals surface area contributed by atoms with E-state index in [4.69, 9.17) is 4.42 Å². The molecule has 0 aliphatic heterocycles. The van der Waals surface area contributed by atoms with E-state index in [2.05, 4.69) is 5.32 Å². The Hall–Kier alpha value is -2.23. The van der Waals surface area contributed by atoms with E-state index in [-0.39, 0.29) is 12.5 Å². The quantitative estimate of drug-likeness (QED) is 0.910.